The Morgan fingerprint density at radius 3 is 1.29 bits per heavy atom. The first kappa shape index (κ1) is 22.8. The molecule has 0 aromatic rings. The normalized spacial score (nSPS) is 3.43. The summed E-state index contributed by atoms with van der Waals surface area (Å²) in [5.74, 6) is 0. The summed E-state index contributed by atoms with van der Waals surface area (Å²) in [6, 6.07) is 0. The van der Waals surface area contributed by atoms with Crippen molar-refractivity contribution in [2.75, 3.05) is 0 Å². The molecule has 0 saturated carbocycles. The number of carbonyl (C=O) groups is 1. The van der Waals surface area contributed by atoms with Crippen LogP contribution in [0.5, 0.6) is 0 Å². The minimum atomic E-state index is -2.33. The van der Waals surface area contributed by atoms with Crippen LogP contribution in [0.4, 0.5) is 4.79 Å². The zero-order valence-corrected chi connectivity index (χ0v) is 9.76. The van der Waals surface area contributed by atoms with Gasteiger partial charge in [0.15, 0.2) is 0 Å². The van der Waals surface area contributed by atoms with Crippen LogP contribution >= 0.6 is 0 Å². The van der Waals surface area contributed by atoms with Crippen LogP contribution < -0.4 is 39.8 Å². The molecule has 0 aromatic carbocycles. The predicted molar refractivity (Wildman–Crippen MR) is 16.9 cm³/mol. The second kappa shape index (κ2) is 15.7. The van der Waals surface area contributed by atoms with E-state index in [1.807, 2.05) is 0 Å². The van der Waals surface area contributed by atoms with Crippen molar-refractivity contribution in [3.8, 4) is 0 Å². The Balaban J connectivity index is -0.0000000150. The number of hydrogen-bond donors (Lipinski definition) is 0. The first-order valence-electron chi connectivity index (χ1n) is 0.612. The van der Waals surface area contributed by atoms with Crippen molar-refractivity contribution >= 4 is 66.9 Å². The van der Waals surface area contributed by atoms with Gasteiger partial charge in [0.2, 0.25) is 0 Å². The van der Waals surface area contributed by atoms with Crippen LogP contribution in [0.2, 0.25) is 0 Å². The SMILES string of the molecule is O=C([O-])[O-].[Ca+2].[Mg+2].[Na+]. The maximum Gasteiger partial charge on any atom is 2.00 e. The molecule has 0 N–H and O–H groups in total. The van der Waals surface area contributed by atoms with Crippen LogP contribution in [0.25, 0.3) is 0 Å². The van der Waals surface area contributed by atoms with E-state index >= 15 is 0 Å². The standard InChI is InChI=1S/CH2O3.Ca.Mg.Na/c2-1(3)4;;;/h(H2,2,3,4);;;/q;2*+2;+1/p-2. The maximum absolute atomic E-state index is 8.33. The van der Waals surface area contributed by atoms with E-state index in [0.29, 0.717) is 0 Å². The third-order valence-electron chi connectivity index (χ3n) is 0. The molecule has 0 aliphatic carbocycles. The fraction of sp³-hybridized carbons (Fsp3) is 0. The molecule has 0 aliphatic rings. The third-order valence-corrected chi connectivity index (χ3v) is 0. The summed E-state index contributed by atoms with van der Waals surface area (Å²) in [6.45, 7) is 0. The van der Waals surface area contributed by atoms with Gasteiger partial charge in [0.25, 0.3) is 0 Å². The van der Waals surface area contributed by atoms with Gasteiger partial charge in [-0.2, -0.15) is 0 Å². The van der Waals surface area contributed by atoms with E-state index in [2.05, 4.69) is 0 Å². The largest absolute Gasteiger partial charge is 2.00 e. The molecule has 24 valence electrons. The Hall–Kier alpha value is 2.30. The van der Waals surface area contributed by atoms with Gasteiger partial charge in [0.05, 0.1) is 0 Å². The van der Waals surface area contributed by atoms with Gasteiger partial charge < -0.3 is 15.0 Å². The second-order valence-corrected chi connectivity index (χ2v) is 0.250. The van der Waals surface area contributed by atoms with Gasteiger partial charge in [-0.3, -0.25) is 0 Å². The van der Waals surface area contributed by atoms with Crippen molar-refractivity contribution in [3.05, 3.63) is 0 Å². The first-order valence-corrected chi connectivity index (χ1v) is 0.612. The minimum absolute atomic E-state index is 0. The molecular weight excluding hydrogens is 147 g/mol. The van der Waals surface area contributed by atoms with Crippen molar-refractivity contribution < 1.29 is 44.6 Å². The van der Waals surface area contributed by atoms with Gasteiger partial charge in [-0.05, 0) is 6.16 Å². The summed E-state index contributed by atoms with van der Waals surface area (Å²) in [4.78, 5) is 8.33. The topological polar surface area (TPSA) is 63.2 Å². The molecule has 0 fully saturated rings. The monoisotopic (exact) mass is 147 g/mol. The molecule has 6 heteroatoms. The van der Waals surface area contributed by atoms with Crippen LogP contribution in [0, 0.1) is 0 Å². The minimum Gasteiger partial charge on any atom is -0.652 e. The van der Waals surface area contributed by atoms with Gasteiger partial charge >= 0.3 is 90.3 Å². The molecule has 0 heterocycles. The van der Waals surface area contributed by atoms with Crippen molar-refractivity contribution in [2.24, 2.45) is 0 Å². The number of rotatable bonds is 0. The predicted octanol–water partition coefficient (Wildman–Crippen LogP) is -6.20. The van der Waals surface area contributed by atoms with E-state index in [1.165, 1.54) is 0 Å². The molecule has 0 saturated heterocycles. The molecule has 0 bridgehead atoms. The molecular formula is CCaMgNaO3+3. The molecule has 0 rings (SSSR count). The molecule has 3 nitrogen and oxygen atoms in total. The molecule has 0 spiro atoms. The van der Waals surface area contributed by atoms with E-state index in [1.54, 1.807) is 0 Å². The van der Waals surface area contributed by atoms with Crippen molar-refractivity contribution in [1.82, 2.24) is 0 Å². The molecule has 0 radical (unpaired) electrons. The summed E-state index contributed by atoms with van der Waals surface area (Å²) in [5.41, 5.74) is 0. The fourth-order valence-electron chi connectivity index (χ4n) is 0. The zero-order valence-electron chi connectivity index (χ0n) is 4.14. The molecule has 0 atom stereocenters. The number of carboxylic acid groups (broad SMARTS) is 2. The second-order valence-electron chi connectivity index (χ2n) is 0.250. The summed E-state index contributed by atoms with van der Waals surface area (Å²) >= 11 is 0. The van der Waals surface area contributed by atoms with Crippen LogP contribution in [-0.2, 0) is 0 Å². The van der Waals surface area contributed by atoms with Crippen molar-refractivity contribution in [1.29, 1.82) is 0 Å². The maximum atomic E-state index is 8.33. The van der Waals surface area contributed by atoms with E-state index in [0.717, 1.165) is 0 Å². The number of carbonyl (C=O) groups excluding carboxylic acids is 1. The Morgan fingerprint density at radius 2 is 1.29 bits per heavy atom. The summed E-state index contributed by atoms with van der Waals surface area (Å²) in [6.07, 6.45) is -2.33. The average molecular weight is 147 g/mol. The molecule has 0 amide bonds. The van der Waals surface area contributed by atoms with E-state index < -0.39 is 6.16 Å². The van der Waals surface area contributed by atoms with Crippen LogP contribution in [0.1, 0.15) is 0 Å². The van der Waals surface area contributed by atoms with E-state index in [4.69, 9.17) is 15.0 Å². The van der Waals surface area contributed by atoms with E-state index in [9.17, 15) is 0 Å². The van der Waals surface area contributed by atoms with Crippen molar-refractivity contribution in [2.45, 2.75) is 0 Å². The fourth-order valence-corrected chi connectivity index (χ4v) is 0. The van der Waals surface area contributed by atoms with Gasteiger partial charge in [0, 0.05) is 0 Å². The zero-order chi connectivity index (χ0) is 3.58. The summed E-state index contributed by atoms with van der Waals surface area (Å²) in [5, 5.41) is 16.7. The molecule has 0 aromatic heterocycles. The Bertz CT molecular complexity index is 37.9. The Morgan fingerprint density at radius 1 is 1.29 bits per heavy atom. The molecule has 0 aliphatic heterocycles. The van der Waals surface area contributed by atoms with Crippen LogP contribution in [0.3, 0.4) is 0 Å². The van der Waals surface area contributed by atoms with Gasteiger partial charge in [-0.25, -0.2) is 0 Å². The van der Waals surface area contributed by atoms with E-state index in [-0.39, 0.29) is 90.3 Å². The van der Waals surface area contributed by atoms with Gasteiger partial charge in [-0.1, -0.05) is 0 Å². The third kappa shape index (κ3) is 62.4. The average Bonchev–Trinajstić information content (AvgIpc) is 0.811. The van der Waals surface area contributed by atoms with Crippen LogP contribution in [-0.4, -0.2) is 66.9 Å². The molecule has 7 heavy (non-hydrogen) atoms. The first-order chi connectivity index (χ1) is 1.73. The number of hydrogen-bond acceptors (Lipinski definition) is 3. The van der Waals surface area contributed by atoms with Crippen LogP contribution in [0.15, 0.2) is 0 Å². The van der Waals surface area contributed by atoms with Gasteiger partial charge in [0.1, 0.15) is 0 Å². The summed E-state index contributed by atoms with van der Waals surface area (Å²) in [7, 11) is 0. The van der Waals surface area contributed by atoms with Crippen molar-refractivity contribution in [3.63, 3.8) is 0 Å². The Kier molecular flexibility index (Phi) is 51.3. The Labute approximate surface area is 109 Å². The quantitative estimate of drug-likeness (QED) is 0.320. The summed E-state index contributed by atoms with van der Waals surface area (Å²) < 4.78 is 0. The molecule has 0 unspecified atom stereocenters. The smallest absolute Gasteiger partial charge is 0.652 e. The van der Waals surface area contributed by atoms with Gasteiger partial charge in [-0.15, -0.1) is 0 Å².